The minimum Gasteiger partial charge on any atom is -0.292 e. The van der Waals surface area contributed by atoms with E-state index in [-0.39, 0.29) is 0 Å². The zero-order valence-corrected chi connectivity index (χ0v) is 12.0. The quantitative estimate of drug-likeness (QED) is 0.607. The third-order valence-electron chi connectivity index (χ3n) is 2.84. The van der Waals surface area contributed by atoms with E-state index in [9.17, 15) is 18.0 Å². The van der Waals surface area contributed by atoms with Crippen LogP contribution in [0.1, 0.15) is 21.8 Å². The molecule has 0 bridgehead atoms. The first-order chi connectivity index (χ1) is 9.93. The molecule has 2 aromatic carbocycles. The number of hydrogen-bond donors (Lipinski definition) is 0. The summed E-state index contributed by atoms with van der Waals surface area (Å²) in [5, 5.41) is 9.15. The van der Waals surface area contributed by atoms with E-state index in [4.69, 9.17) is 5.26 Å². The van der Waals surface area contributed by atoms with Gasteiger partial charge in [0.15, 0.2) is 23.2 Å². The van der Waals surface area contributed by atoms with Gasteiger partial charge in [0.1, 0.15) is 5.92 Å². The van der Waals surface area contributed by atoms with Crippen molar-refractivity contribution in [2.45, 2.75) is 5.92 Å². The Morgan fingerprint density at radius 2 is 1.76 bits per heavy atom. The molecule has 2 nitrogen and oxygen atoms in total. The van der Waals surface area contributed by atoms with Crippen LogP contribution in [0.15, 0.2) is 40.9 Å². The van der Waals surface area contributed by atoms with E-state index in [0.29, 0.717) is 22.2 Å². The predicted octanol–water partition coefficient (Wildman–Crippen LogP) is 4.36. The average Bonchev–Trinajstić information content (AvgIpc) is 2.45. The first-order valence-electron chi connectivity index (χ1n) is 5.78. The zero-order valence-electron chi connectivity index (χ0n) is 10.4. The van der Waals surface area contributed by atoms with Gasteiger partial charge in [-0.25, -0.2) is 13.2 Å². The number of ketones is 1. The lowest BCUT2D eigenvalue weighted by molar-refractivity contribution is 0.0977. The summed E-state index contributed by atoms with van der Waals surface area (Å²) in [6.45, 7) is 0. The minimum atomic E-state index is -1.65. The van der Waals surface area contributed by atoms with Crippen LogP contribution in [0.5, 0.6) is 0 Å². The Labute approximate surface area is 127 Å². The zero-order chi connectivity index (χ0) is 15.6. The Balaban J connectivity index is 2.45. The third-order valence-corrected chi connectivity index (χ3v) is 3.33. The van der Waals surface area contributed by atoms with E-state index in [1.807, 2.05) is 0 Å². The summed E-state index contributed by atoms with van der Waals surface area (Å²) in [4.78, 5) is 12.2. The maximum absolute atomic E-state index is 13.2. The van der Waals surface area contributed by atoms with Crippen LogP contribution in [0.2, 0.25) is 0 Å². The fourth-order valence-electron chi connectivity index (χ4n) is 1.84. The van der Waals surface area contributed by atoms with Gasteiger partial charge in [-0.15, -0.1) is 0 Å². The van der Waals surface area contributed by atoms with Crippen LogP contribution in [0.25, 0.3) is 0 Å². The standard InChI is InChI=1S/C15H7BrF3NO/c16-10-3-1-2-8(4-10)11(7-20)15(21)9-5-12(17)14(19)13(18)6-9/h1-6,11H. The number of hydrogen-bond acceptors (Lipinski definition) is 2. The molecule has 0 radical (unpaired) electrons. The third kappa shape index (κ3) is 3.14. The number of rotatable bonds is 3. The van der Waals surface area contributed by atoms with E-state index >= 15 is 0 Å². The number of Topliss-reactive ketones (excluding diaryl/α,β-unsaturated/α-hetero) is 1. The Morgan fingerprint density at radius 3 is 2.29 bits per heavy atom. The Bertz CT molecular complexity index is 732. The van der Waals surface area contributed by atoms with Gasteiger partial charge < -0.3 is 0 Å². The Hall–Kier alpha value is -2.13. The van der Waals surface area contributed by atoms with E-state index in [0.717, 1.165) is 0 Å². The molecule has 0 spiro atoms. The lowest BCUT2D eigenvalue weighted by Gasteiger charge is -2.09. The van der Waals surface area contributed by atoms with Crippen LogP contribution in [-0.4, -0.2) is 5.78 Å². The SMILES string of the molecule is N#CC(C(=O)c1cc(F)c(F)c(F)c1)c1cccc(Br)c1. The summed E-state index contributed by atoms with van der Waals surface area (Å²) >= 11 is 3.21. The van der Waals surface area contributed by atoms with E-state index in [1.165, 1.54) is 0 Å². The van der Waals surface area contributed by atoms with Crippen molar-refractivity contribution >= 4 is 21.7 Å². The van der Waals surface area contributed by atoms with Crippen LogP contribution in [-0.2, 0) is 0 Å². The molecule has 21 heavy (non-hydrogen) atoms. The van der Waals surface area contributed by atoms with Crippen LogP contribution in [0.4, 0.5) is 13.2 Å². The molecule has 0 amide bonds. The predicted molar refractivity (Wildman–Crippen MR) is 73.1 cm³/mol. The molecule has 0 aliphatic heterocycles. The molecule has 0 saturated heterocycles. The molecular formula is C15H7BrF3NO. The number of carbonyl (C=O) groups is 1. The normalized spacial score (nSPS) is 11.8. The molecule has 0 fully saturated rings. The molecule has 106 valence electrons. The second-order valence-electron chi connectivity index (χ2n) is 4.24. The van der Waals surface area contributed by atoms with Gasteiger partial charge in [-0.3, -0.25) is 4.79 Å². The van der Waals surface area contributed by atoms with Crippen molar-refractivity contribution in [2.24, 2.45) is 0 Å². The van der Waals surface area contributed by atoms with Crippen molar-refractivity contribution in [1.29, 1.82) is 5.26 Å². The number of nitriles is 1. The van der Waals surface area contributed by atoms with Gasteiger partial charge in [-0.05, 0) is 29.8 Å². The molecule has 0 N–H and O–H groups in total. The van der Waals surface area contributed by atoms with Crippen LogP contribution in [0, 0.1) is 28.8 Å². The summed E-state index contributed by atoms with van der Waals surface area (Å²) in [6, 6.07) is 9.40. The molecule has 0 heterocycles. The molecule has 2 rings (SSSR count). The lowest BCUT2D eigenvalue weighted by atomic mass is 9.92. The topological polar surface area (TPSA) is 40.9 Å². The fourth-order valence-corrected chi connectivity index (χ4v) is 2.25. The first kappa shape index (κ1) is 15.3. The van der Waals surface area contributed by atoms with E-state index in [1.54, 1.807) is 30.3 Å². The summed E-state index contributed by atoms with van der Waals surface area (Å²) in [5.74, 6) is -6.61. The Morgan fingerprint density at radius 1 is 1.14 bits per heavy atom. The van der Waals surface area contributed by atoms with Crippen LogP contribution < -0.4 is 0 Å². The van der Waals surface area contributed by atoms with Gasteiger partial charge in [-0.2, -0.15) is 5.26 Å². The van der Waals surface area contributed by atoms with Gasteiger partial charge in [0.25, 0.3) is 0 Å². The second kappa shape index (κ2) is 6.10. The Kier molecular flexibility index (Phi) is 4.43. The summed E-state index contributed by atoms with van der Waals surface area (Å²) < 4.78 is 39.9. The second-order valence-corrected chi connectivity index (χ2v) is 5.15. The highest BCUT2D eigenvalue weighted by molar-refractivity contribution is 9.10. The summed E-state index contributed by atoms with van der Waals surface area (Å²) in [7, 11) is 0. The van der Waals surface area contributed by atoms with Gasteiger partial charge in [0.2, 0.25) is 0 Å². The maximum atomic E-state index is 13.2. The van der Waals surface area contributed by atoms with Crippen molar-refractivity contribution in [3.63, 3.8) is 0 Å². The summed E-state index contributed by atoms with van der Waals surface area (Å²) in [5.41, 5.74) is -0.0139. The maximum Gasteiger partial charge on any atom is 0.194 e. The molecule has 6 heteroatoms. The minimum absolute atomic E-state index is 0.377. The van der Waals surface area contributed by atoms with Gasteiger partial charge in [0, 0.05) is 10.0 Å². The number of nitrogens with zero attached hydrogens (tertiary/aromatic N) is 1. The van der Waals surface area contributed by atoms with Crippen molar-refractivity contribution in [2.75, 3.05) is 0 Å². The molecular weight excluding hydrogens is 347 g/mol. The van der Waals surface area contributed by atoms with Gasteiger partial charge in [0.05, 0.1) is 6.07 Å². The van der Waals surface area contributed by atoms with Crippen LogP contribution >= 0.6 is 15.9 Å². The average molecular weight is 354 g/mol. The number of benzene rings is 2. The summed E-state index contributed by atoms with van der Waals surface area (Å²) in [6.07, 6.45) is 0. The molecule has 1 atom stereocenters. The van der Waals surface area contributed by atoms with Crippen molar-refractivity contribution < 1.29 is 18.0 Å². The highest BCUT2D eigenvalue weighted by Crippen LogP contribution is 2.25. The smallest absolute Gasteiger partial charge is 0.194 e. The largest absolute Gasteiger partial charge is 0.292 e. The fraction of sp³-hybridized carbons (Fsp3) is 0.0667. The van der Waals surface area contributed by atoms with Gasteiger partial charge >= 0.3 is 0 Å². The monoisotopic (exact) mass is 353 g/mol. The van der Waals surface area contributed by atoms with Crippen LogP contribution in [0.3, 0.4) is 0 Å². The van der Waals surface area contributed by atoms with Crippen molar-refractivity contribution in [3.8, 4) is 6.07 Å². The molecule has 0 aromatic heterocycles. The highest BCUT2D eigenvalue weighted by Gasteiger charge is 2.24. The highest BCUT2D eigenvalue weighted by atomic mass is 79.9. The number of halogens is 4. The first-order valence-corrected chi connectivity index (χ1v) is 6.57. The van der Waals surface area contributed by atoms with Crippen molar-refractivity contribution in [1.82, 2.24) is 0 Å². The van der Waals surface area contributed by atoms with E-state index < -0.39 is 34.7 Å². The molecule has 0 saturated carbocycles. The molecule has 1 unspecified atom stereocenters. The molecule has 2 aromatic rings. The van der Waals surface area contributed by atoms with E-state index in [2.05, 4.69) is 15.9 Å². The number of carbonyl (C=O) groups excluding carboxylic acids is 1. The molecule has 0 aliphatic rings. The van der Waals surface area contributed by atoms with Crippen molar-refractivity contribution in [3.05, 3.63) is 69.4 Å². The van der Waals surface area contributed by atoms with Gasteiger partial charge in [-0.1, -0.05) is 28.1 Å². The molecule has 0 aliphatic carbocycles. The lowest BCUT2D eigenvalue weighted by Crippen LogP contribution is -2.12.